The number of rotatable bonds is 2. The fourth-order valence-corrected chi connectivity index (χ4v) is 2.19. The second kappa shape index (κ2) is 5.10. The molecule has 2 aromatic rings. The number of hydrogen-bond donors (Lipinski definition) is 0. The van der Waals surface area contributed by atoms with Crippen LogP contribution in [0.1, 0.15) is 16.8 Å². The van der Waals surface area contributed by atoms with E-state index in [0.717, 1.165) is 36.5 Å². The Hall–Kier alpha value is -2.36. The van der Waals surface area contributed by atoms with E-state index in [1.54, 1.807) is 12.3 Å². The van der Waals surface area contributed by atoms with Crippen LogP contribution in [0.15, 0.2) is 42.6 Å². The third-order valence-electron chi connectivity index (χ3n) is 3.12. The molecule has 4 nitrogen and oxygen atoms in total. The highest BCUT2D eigenvalue weighted by atomic mass is 16.5. The van der Waals surface area contributed by atoms with E-state index >= 15 is 0 Å². The van der Waals surface area contributed by atoms with Crippen LogP contribution < -0.4 is 9.64 Å². The van der Waals surface area contributed by atoms with Crippen molar-refractivity contribution in [2.24, 2.45) is 0 Å². The molecule has 0 fully saturated rings. The van der Waals surface area contributed by atoms with Gasteiger partial charge in [-0.2, -0.15) is 0 Å². The van der Waals surface area contributed by atoms with Gasteiger partial charge >= 0.3 is 0 Å². The second-order valence-electron chi connectivity index (χ2n) is 4.39. The number of carbonyl (C=O) groups excluding carboxylic acids is 1. The number of aldehydes is 1. The minimum absolute atomic E-state index is 0.586. The van der Waals surface area contributed by atoms with Crippen molar-refractivity contribution >= 4 is 17.8 Å². The van der Waals surface area contributed by atoms with Gasteiger partial charge in [0.1, 0.15) is 11.6 Å². The Kier molecular flexibility index (Phi) is 3.14. The molecule has 0 saturated carbocycles. The van der Waals surface area contributed by atoms with Crippen molar-refractivity contribution in [1.82, 2.24) is 4.98 Å². The molecule has 1 aromatic heterocycles. The lowest BCUT2D eigenvalue weighted by Crippen LogP contribution is -2.18. The van der Waals surface area contributed by atoms with Crippen molar-refractivity contribution in [3.05, 3.63) is 48.2 Å². The van der Waals surface area contributed by atoms with E-state index in [9.17, 15) is 4.79 Å². The van der Waals surface area contributed by atoms with Crippen molar-refractivity contribution in [2.45, 2.75) is 6.42 Å². The van der Waals surface area contributed by atoms with Crippen LogP contribution in [0.4, 0.5) is 11.5 Å². The Balaban J connectivity index is 2.01. The van der Waals surface area contributed by atoms with Gasteiger partial charge in [0.2, 0.25) is 0 Å². The molecule has 1 aliphatic rings. The molecule has 2 heterocycles. The van der Waals surface area contributed by atoms with E-state index in [1.807, 2.05) is 30.3 Å². The van der Waals surface area contributed by atoms with Crippen LogP contribution in [0.2, 0.25) is 0 Å². The summed E-state index contributed by atoms with van der Waals surface area (Å²) >= 11 is 0. The van der Waals surface area contributed by atoms with Crippen LogP contribution in [0, 0.1) is 0 Å². The molecule has 0 N–H and O–H groups in total. The van der Waals surface area contributed by atoms with Gasteiger partial charge in [-0.05, 0) is 30.7 Å². The fourth-order valence-electron chi connectivity index (χ4n) is 2.19. The lowest BCUT2D eigenvalue weighted by molar-refractivity contribution is 0.112. The Labute approximate surface area is 111 Å². The smallest absolute Gasteiger partial charge is 0.151 e. The standard InChI is InChI=1S/C15H14N2O2/c18-11-12-6-7-15(16-10-12)17-8-3-9-19-14-5-2-1-4-13(14)17/h1-2,4-7,10-11H,3,8-9H2. The summed E-state index contributed by atoms with van der Waals surface area (Å²) in [6.45, 7) is 1.56. The number of para-hydroxylation sites is 2. The van der Waals surface area contributed by atoms with Crippen LogP contribution in [0.5, 0.6) is 5.75 Å². The largest absolute Gasteiger partial charge is 0.491 e. The first-order valence-corrected chi connectivity index (χ1v) is 6.29. The molecule has 0 radical (unpaired) electrons. The molecule has 0 bridgehead atoms. The molecule has 0 saturated heterocycles. The number of aromatic nitrogens is 1. The predicted octanol–water partition coefficient (Wildman–Crippen LogP) is 2.81. The van der Waals surface area contributed by atoms with Crippen molar-refractivity contribution in [3.8, 4) is 5.75 Å². The van der Waals surface area contributed by atoms with E-state index < -0.39 is 0 Å². The summed E-state index contributed by atoms with van der Waals surface area (Å²) in [7, 11) is 0. The van der Waals surface area contributed by atoms with Crippen LogP contribution in [0.3, 0.4) is 0 Å². The molecule has 4 heteroatoms. The molecule has 19 heavy (non-hydrogen) atoms. The topological polar surface area (TPSA) is 42.4 Å². The molecule has 3 rings (SSSR count). The maximum absolute atomic E-state index is 10.7. The Morgan fingerprint density at radius 3 is 2.89 bits per heavy atom. The number of carbonyl (C=O) groups is 1. The molecule has 0 unspecified atom stereocenters. The summed E-state index contributed by atoms with van der Waals surface area (Å²) in [5.74, 6) is 1.71. The van der Waals surface area contributed by atoms with Gasteiger partial charge in [-0.15, -0.1) is 0 Å². The highest BCUT2D eigenvalue weighted by molar-refractivity contribution is 5.75. The Morgan fingerprint density at radius 1 is 1.21 bits per heavy atom. The number of nitrogens with zero attached hydrogens (tertiary/aromatic N) is 2. The zero-order valence-corrected chi connectivity index (χ0v) is 10.5. The molecule has 96 valence electrons. The minimum Gasteiger partial charge on any atom is -0.491 e. The van der Waals surface area contributed by atoms with Gasteiger partial charge in [0, 0.05) is 18.3 Å². The summed E-state index contributed by atoms with van der Waals surface area (Å²) in [4.78, 5) is 17.1. The maximum atomic E-state index is 10.7. The first-order chi connectivity index (χ1) is 9.38. The van der Waals surface area contributed by atoms with Crippen LogP contribution in [-0.4, -0.2) is 24.4 Å². The van der Waals surface area contributed by atoms with Crippen molar-refractivity contribution < 1.29 is 9.53 Å². The average Bonchev–Trinajstić information content (AvgIpc) is 2.70. The van der Waals surface area contributed by atoms with Crippen molar-refractivity contribution in [3.63, 3.8) is 0 Å². The molecular weight excluding hydrogens is 240 g/mol. The zero-order valence-electron chi connectivity index (χ0n) is 10.5. The SMILES string of the molecule is O=Cc1ccc(N2CCCOc3ccccc32)nc1. The fraction of sp³-hybridized carbons (Fsp3) is 0.200. The van der Waals surface area contributed by atoms with Gasteiger partial charge in [0.25, 0.3) is 0 Å². The zero-order chi connectivity index (χ0) is 13.1. The van der Waals surface area contributed by atoms with Crippen LogP contribution in [0.25, 0.3) is 0 Å². The third kappa shape index (κ3) is 2.29. The van der Waals surface area contributed by atoms with Gasteiger partial charge in [-0.3, -0.25) is 4.79 Å². The number of benzene rings is 1. The van der Waals surface area contributed by atoms with Crippen molar-refractivity contribution in [2.75, 3.05) is 18.1 Å². The molecule has 0 spiro atoms. The lowest BCUT2D eigenvalue weighted by atomic mass is 10.2. The number of pyridine rings is 1. The highest BCUT2D eigenvalue weighted by Crippen LogP contribution is 2.34. The summed E-state index contributed by atoms with van der Waals surface area (Å²) in [6, 6.07) is 11.6. The van der Waals surface area contributed by atoms with Gasteiger partial charge in [0.15, 0.2) is 6.29 Å². The van der Waals surface area contributed by atoms with Gasteiger partial charge in [0.05, 0.1) is 12.3 Å². The molecule has 0 atom stereocenters. The van der Waals surface area contributed by atoms with Crippen LogP contribution in [-0.2, 0) is 0 Å². The van der Waals surface area contributed by atoms with Crippen LogP contribution >= 0.6 is 0 Å². The van der Waals surface area contributed by atoms with E-state index in [2.05, 4.69) is 9.88 Å². The van der Waals surface area contributed by atoms with Gasteiger partial charge in [-0.25, -0.2) is 4.98 Å². The predicted molar refractivity (Wildman–Crippen MR) is 73.2 cm³/mol. The first kappa shape index (κ1) is 11.7. The summed E-state index contributed by atoms with van der Waals surface area (Å²) in [5.41, 5.74) is 1.61. The summed E-state index contributed by atoms with van der Waals surface area (Å²) in [6.07, 6.45) is 3.33. The van der Waals surface area contributed by atoms with E-state index in [1.165, 1.54) is 0 Å². The average molecular weight is 254 g/mol. The second-order valence-corrected chi connectivity index (χ2v) is 4.39. The molecule has 0 amide bonds. The first-order valence-electron chi connectivity index (χ1n) is 6.29. The van der Waals surface area contributed by atoms with Gasteiger partial charge in [-0.1, -0.05) is 12.1 Å². The maximum Gasteiger partial charge on any atom is 0.151 e. The third-order valence-corrected chi connectivity index (χ3v) is 3.12. The molecule has 1 aliphatic heterocycles. The summed E-state index contributed by atoms with van der Waals surface area (Å²) < 4.78 is 5.72. The monoisotopic (exact) mass is 254 g/mol. The van der Waals surface area contributed by atoms with E-state index in [-0.39, 0.29) is 0 Å². The molecular formula is C15H14N2O2. The van der Waals surface area contributed by atoms with E-state index in [0.29, 0.717) is 12.2 Å². The highest BCUT2D eigenvalue weighted by Gasteiger charge is 2.17. The Bertz CT molecular complexity index is 581. The van der Waals surface area contributed by atoms with Crippen molar-refractivity contribution in [1.29, 1.82) is 0 Å². The normalized spacial score (nSPS) is 14.2. The molecule has 0 aliphatic carbocycles. The quantitative estimate of drug-likeness (QED) is 0.773. The summed E-state index contributed by atoms with van der Waals surface area (Å²) in [5, 5.41) is 0. The number of ether oxygens (including phenoxy) is 1. The minimum atomic E-state index is 0.586. The lowest BCUT2D eigenvalue weighted by Gasteiger charge is -2.22. The molecule has 1 aromatic carbocycles. The number of fused-ring (bicyclic) bond motifs is 1. The Morgan fingerprint density at radius 2 is 2.11 bits per heavy atom. The number of anilines is 2. The van der Waals surface area contributed by atoms with Gasteiger partial charge < -0.3 is 9.64 Å². The van der Waals surface area contributed by atoms with E-state index in [4.69, 9.17) is 4.74 Å². The number of hydrogen-bond acceptors (Lipinski definition) is 4.